The van der Waals surface area contributed by atoms with E-state index in [4.69, 9.17) is 21.1 Å². The van der Waals surface area contributed by atoms with Crippen LogP contribution >= 0.6 is 11.6 Å². The molecule has 0 radical (unpaired) electrons. The first-order chi connectivity index (χ1) is 16.3. The van der Waals surface area contributed by atoms with Crippen molar-refractivity contribution in [1.29, 1.82) is 0 Å². The van der Waals surface area contributed by atoms with Gasteiger partial charge in [-0.15, -0.1) is 11.6 Å². The van der Waals surface area contributed by atoms with Crippen molar-refractivity contribution in [1.82, 2.24) is 0 Å². The number of rotatable bonds is 5. The maximum absolute atomic E-state index is 13.7. The largest absolute Gasteiger partial charge is 0.458 e. The van der Waals surface area contributed by atoms with Gasteiger partial charge in [-0.25, -0.2) is 0 Å². The van der Waals surface area contributed by atoms with E-state index < -0.39 is 51.7 Å². The van der Waals surface area contributed by atoms with Crippen molar-refractivity contribution in [3.05, 3.63) is 23.8 Å². The minimum absolute atomic E-state index is 0.0126. The number of hydrogen-bond donors (Lipinski definition) is 1. The predicted molar refractivity (Wildman–Crippen MR) is 128 cm³/mol. The lowest BCUT2D eigenvalue weighted by Gasteiger charge is -2.63. The Kier molecular flexibility index (Phi) is 6.37. The van der Waals surface area contributed by atoms with Crippen LogP contribution in [0.5, 0.6) is 0 Å². The molecule has 0 saturated heterocycles. The van der Waals surface area contributed by atoms with Crippen molar-refractivity contribution in [2.75, 3.05) is 6.61 Å². The van der Waals surface area contributed by atoms with Gasteiger partial charge >= 0.3 is 11.9 Å². The third kappa shape index (κ3) is 3.41. The van der Waals surface area contributed by atoms with E-state index in [0.717, 1.165) is 5.57 Å². The van der Waals surface area contributed by atoms with Gasteiger partial charge in [-0.2, -0.15) is 0 Å². The summed E-state index contributed by atoms with van der Waals surface area (Å²) in [6.45, 7) is 8.14. The Balaban J connectivity index is 1.83. The molecule has 0 bridgehead atoms. The van der Waals surface area contributed by atoms with Gasteiger partial charge in [0, 0.05) is 36.5 Å². The third-order valence-electron chi connectivity index (χ3n) is 9.53. The van der Waals surface area contributed by atoms with E-state index >= 15 is 0 Å². The van der Waals surface area contributed by atoms with Gasteiger partial charge in [-0.05, 0) is 37.2 Å². The summed E-state index contributed by atoms with van der Waals surface area (Å²) in [5.41, 5.74) is -2.28. The molecule has 8 atom stereocenters. The Morgan fingerprint density at radius 2 is 1.91 bits per heavy atom. The van der Waals surface area contributed by atoms with Crippen LogP contribution in [0.4, 0.5) is 0 Å². The SMILES string of the molecule is CCC(=O)O[C@]1(C(=O)COC(C)=O)[C@@H](C)CC2[C@@H]3CC=C4CC(=O)C=C[C@]4(C)[C@@]3(Cl)[C@@H](O)C[C@@]21C. The normalized spacial score (nSPS) is 44.0. The van der Waals surface area contributed by atoms with E-state index in [-0.39, 0.29) is 42.8 Å². The van der Waals surface area contributed by atoms with Crippen molar-refractivity contribution < 1.29 is 33.8 Å². The van der Waals surface area contributed by atoms with Crippen molar-refractivity contribution in [3.63, 3.8) is 0 Å². The number of carbonyl (C=O) groups excluding carboxylic acids is 4. The first-order valence-electron chi connectivity index (χ1n) is 12.4. The summed E-state index contributed by atoms with van der Waals surface area (Å²) < 4.78 is 11.1. The molecule has 35 heavy (non-hydrogen) atoms. The zero-order valence-electron chi connectivity index (χ0n) is 21.1. The summed E-state index contributed by atoms with van der Waals surface area (Å²) in [5, 5.41) is 11.7. The van der Waals surface area contributed by atoms with E-state index in [0.29, 0.717) is 12.8 Å². The molecule has 192 valence electrons. The Morgan fingerprint density at radius 3 is 2.54 bits per heavy atom. The van der Waals surface area contributed by atoms with E-state index in [9.17, 15) is 24.3 Å². The molecule has 0 aromatic carbocycles. The van der Waals surface area contributed by atoms with Crippen molar-refractivity contribution in [2.24, 2.45) is 28.6 Å². The van der Waals surface area contributed by atoms with Gasteiger partial charge in [0.05, 0.1) is 11.0 Å². The summed E-state index contributed by atoms with van der Waals surface area (Å²) in [6.07, 6.45) is 6.02. The Morgan fingerprint density at radius 1 is 1.23 bits per heavy atom. The van der Waals surface area contributed by atoms with Crippen LogP contribution in [0.15, 0.2) is 23.8 Å². The number of halogens is 1. The number of aliphatic hydroxyl groups is 1. The first kappa shape index (κ1) is 26.1. The van der Waals surface area contributed by atoms with Crippen LogP contribution in [-0.2, 0) is 28.7 Å². The van der Waals surface area contributed by atoms with E-state index in [1.165, 1.54) is 6.92 Å². The molecule has 0 aliphatic heterocycles. The summed E-state index contributed by atoms with van der Waals surface area (Å²) in [6, 6.07) is 0. The van der Waals surface area contributed by atoms with E-state index in [1.54, 1.807) is 13.0 Å². The highest BCUT2D eigenvalue weighted by Gasteiger charge is 2.76. The fraction of sp³-hybridized carbons (Fsp3) is 0.704. The van der Waals surface area contributed by atoms with Crippen molar-refractivity contribution >= 4 is 35.1 Å². The second-order valence-corrected chi connectivity index (χ2v) is 11.8. The predicted octanol–water partition coefficient (Wildman–Crippen LogP) is 3.70. The van der Waals surface area contributed by atoms with Crippen LogP contribution < -0.4 is 0 Å². The summed E-state index contributed by atoms with van der Waals surface area (Å²) in [7, 11) is 0. The monoisotopic (exact) mass is 506 g/mol. The number of carbonyl (C=O) groups is 4. The lowest BCUT2D eigenvalue weighted by molar-refractivity contribution is -0.202. The highest BCUT2D eigenvalue weighted by atomic mass is 35.5. The van der Waals surface area contributed by atoms with Gasteiger partial charge in [0.1, 0.15) is 0 Å². The molecule has 0 spiro atoms. The van der Waals surface area contributed by atoms with Crippen LogP contribution in [-0.4, -0.2) is 51.8 Å². The number of aliphatic hydroxyl groups excluding tert-OH is 1. The fourth-order valence-electron chi connectivity index (χ4n) is 7.83. The zero-order chi connectivity index (χ0) is 26.0. The van der Waals surface area contributed by atoms with Crippen molar-refractivity contribution in [2.45, 2.75) is 83.3 Å². The number of ether oxygens (including phenoxy) is 2. The average Bonchev–Trinajstić information content (AvgIpc) is 3.00. The van der Waals surface area contributed by atoms with E-state index in [1.807, 2.05) is 26.8 Å². The van der Waals surface area contributed by atoms with Gasteiger partial charge < -0.3 is 14.6 Å². The molecule has 4 rings (SSSR count). The minimum Gasteiger partial charge on any atom is -0.458 e. The van der Waals surface area contributed by atoms with Crippen LogP contribution in [0, 0.1) is 28.6 Å². The summed E-state index contributed by atoms with van der Waals surface area (Å²) >= 11 is 7.46. The van der Waals surface area contributed by atoms with Crippen LogP contribution in [0.25, 0.3) is 0 Å². The molecular formula is C27H35ClO7. The van der Waals surface area contributed by atoms with Crippen molar-refractivity contribution in [3.8, 4) is 0 Å². The topological polar surface area (TPSA) is 107 Å². The summed E-state index contributed by atoms with van der Waals surface area (Å²) in [5.74, 6) is -2.31. The number of esters is 2. The maximum Gasteiger partial charge on any atom is 0.306 e. The number of fused-ring (bicyclic) bond motifs is 5. The Bertz CT molecular complexity index is 1030. The number of hydrogen-bond acceptors (Lipinski definition) is 7. The van der Waals surface area contributed by atoms with Crippen LogP contribution in [0.3, 0.4) is 0 Å². The standard InChI is InChI=1S/C27H35ClO7/c1-6-23(33)35-27(22(32)14-34-16(3)29)15(2)11-20-19-8-7-17-12-18(30)9-10-24(17,4)26(19,28)21(31)13-25(20,27)5/h7,9-10,15,19-21,31H,6,8,11-14H2,1-5H3/t15-,19-,20?,21-,24-,25-,26-,27-/m0/s1. The summed E-state index contributed by atoms with van der Waals surface area (Å²) in [4.78, 5) is 48.9. The molecule has 4 aliphatic rings. The minimum atomic E-state index is -1.55. The fourth-order valence-corrected chi connectivity index (χ4v) is 8.33. The molecule has 0 amide bonds. The molecule has 1 unspecified atom stereocenters. The van der Waals surface area contributed by atoms with Gasteiger partial charge in [-0.3, -0.25) is 19.2 Å². The quantitative estimate of drug-likeness (QED) is 0.344. The highest BCUT2D eigenvalue weighted by Crippen LogP contribution is 2.71. The Hall–Kier alpha value is -1.99. The van der Waals surface area contributed by atoms with Gasteiger partial charge in [0.25, 0.3) is 0 Å². The molecule has 7 nitrogen and oxygen atoms in total. The number of allylic oxidation sites excluding steroid dienone is 4. The van der Waals surface area contributed by atoms with Crippen LogP contribution in [0.2, 0.25) is 0 Å². The van der Waals surface area contributed by atoms with Crippen LogP contribution in [0.1, 0.15) is 66.7 Å². The molecule has 0 heterocycles. The number of ketones is 2. The average molecular weight is 507 g/mol. The van der Waals surface area contributed by atoms with Gasteiger partial charge in [0.2, 0.25) is 5.78 Å². The molecule has 4 aliphatic carbocycles. The second-order valence-electron chi connectivity index (χ2n) is 11.2. The van der Waals surface area contributed by atoms with Gasteiger partial charge in [-0.1, -0.05) is 45.4 Å². The Labute approximate surface area is 211 Å². The highest BCUT2D eigenvalue weighted by molar-refractivity contribution is 6.26. The molecule has 0 aromatic heterocycles. The smallest absolute Gasteiger partial charge is 0.306 e. The molecule has 2 fully saturated rings. The van der Waals surface area contributed by atoms with Gasteiger partial charge in [0.15, 0.2) is 18.0 Å². The molecule has 1 N–H and O–H groups in total. The lowest BCUT2D eigenvalue weighted by atomic mass is 9.46. The first-order valence-corrected chi connectivity index (χ1v) is 12.8. The van der Waals surface area contributed by atoms with E-state index in [2.05, 4.69) is 6.08 Å². The number of alkyl halides is 1. The molecule has 2 saturated carbocycles. The maximum atomic E-state index is 13.7. The molecule has 8 heteroatoms. The second kappa shape index (κ2) is 8.55. The zero-order valence-corrected chi connectivity index (χ0v) is 21.8. The molecule has 0 aromatic rings. The number of Topliss-reactive ketones (excluding diaryl/α,β-unsaturated/α-hetero) is 1. The molecular weight excluding hydrogens is 472 g/mol. The lowest BCUT2D eigenvalue weighted by Crippen LogP contribution is -2.69. The third-order valence-corrected chi connectivity index (χ3v) is 10.5.